The van der Waals surface area contributed by atoms with Crippen LogP contribution < -0.4 is 4.74 Å². The third-order valence-corrected chi connectivity index (χ3v) is 3.70. The fourth-order valence-corrected chi connectivity index (χ4v) is 2.24. The van der Waals surface area contributed by atoms with Gasteiger partial charge in [0.1, 0.15) is 5.75 Å². The van der Waals surface area contributed by atoms with Gasteiger partial charge in [-0.1, -0.05) is 45.9 Å². The van der Waals surface area contributed by atoms with Crippen molar-refractivity contribution >= 4 is 11.9 Å². The summed E-state index contributed by atoms with van der Waals surface area (Å²) < 4.78 is 10.5. The lowest BCUT2D eigenvalue weighted by Crippen LogP contribution is -2.13. The summed E-state index contributed by atoms with van der Waals surface area (Å²) in [6, 6.07) is 13.8. The van der Waals surface area contributed by atoms with Gasteiger partial charge in [-0.15, -0.1) is 0 Å². The molecule has 2 aromatic rings. The van der Waals surface area contributed by atoms with E-state index in [1.807, 2.05) is 19.1 Å². The van der Waals surface area contributed by atoms with E-state index in [2.05, 4.69) is 20.8 Å². The molecule has 0 saturated carbocycles. The van der Waals surface area contributed by atoms with Gasteiger partial charge in [-0.3, -0.25) is 0 Å². The zero-order valence-corrected chi connectivity index (χ0v) is 15.2. The molecular weight excluding hydrogens is 316 g/mol. The van der Waals surface area contributed by atoms with Crippen molar-refractivity contribution in [1.29, 1.82) is 0 Å². The van der Waals surface area contributed by atoms with Crippen LogP contribution in [0.5, 0.6) is 5.75 Å². The van der Waals surface area contributed by atoms with Crippen LogP contribution in [0.2, 0.25) is 0 Å². The smallest absolute Gasteiger partial charge is 0.343 e. The second kappa shape index (κ2) is 7.97. The molecule has 0 aromatic heterocycles. The van der Waals surface area contributed by atoms with Crippen molar-refractivity contribution in [1.82, 2.24) is 0 Å². The molecule has 4 nitrogen and oxygen atoms in total. The van der Waals surface area contributed by atoms with Crippen LogP contribution >= 0.6 is 0 Å². The molecule has 2 aromatic carbocycles. The molecule has 0 aliphatic rings. The quantitative estimate of drug-likeness (QED) is 0.581. The van der Waals surface area contributed by atoms with E-state index in [-0.39, 0.29) is 5.41 Å². The SMILES string of the molecule is CCCOC(=O)c1cccc(OC(=O)c2ccc(C(C)(C)C)cc2)c1. The average Bonchev–Trinajstić information content (AvgIpc) is 2.59. The Bertz CT molecular complexity index is 739. The lowest BCUT2D eigenvalue weighted by atomic mass is 9.87. The van der Waals surface area contributed by atoms with Gasteiger partial charge in [0.25, 0.3) is 0 Å². The number of ether oxygens (including phenoxy) is 2. The van der Waals surface area contributed by atoms with Crippen molar-refractivity contribution in [3.63, 3.8) is 0 Å². The summed E-state index contributed by atoms with van der Waals surface area (Å²) in [5.74, 6) is -0.565. The molecule has 132 valence electrons. The number of hydrogen-bond acceptors (Lipinski definition) is 4. The van der Waals surface area contributed by atoms with Crippen LogP contribution in [0.25, 0.3) is 0 Å². The Morgan fingerprint density at radius 1 is 0.920 bits per heavy atom. The standard InChI is InChI=1S/C21H24O4/c1-5-13-24-19(22)16-7-6-8-18(14-16)25-20(23)15-9-11-17(12-10-15)21(2,3)4/h6-12,14H,5,13H2,1-4H3. The van der Waals surface area contributed by atoms with Crippen LogP contribution in [-0.2, 0) is 10.2 Å². The van der Waals surface area contributed by atoms with Gasteiger partial charge in [-0.05, 0) is 47.7 Å². The maximum Gasteiger partial charge on any atom is 0.343 e. The maximum absolute atomic E-state index is 12.3. The molecule has 0 radical (unpaired) electrons. The van der Waals surface area contributed by atoms with Crippen LogP contribution in [-0.4, -0.2) is 18.5 Å². The topological polar surface area (TPSA) is 52.6 Å². The highest BCUT2D eigenvalue weighted by Crippen LogP contribution is 2.23. The van der Waals surface area contributed by atoms with Crippen LogP contribution in [0.1, 0.15) is 60.4 Å². The minimum atomic E-state index is -0.459. The molecule has 0 unspecified atom stereocenters. The van der Waals surface area contributed by atoms with Crippen molar-refractivity contribution in [3.05, 3.63) is 65.2 Å². The summed E-state index contributed by atoms with van der Waals surface area (Å²) in [5, 5.41) is 0. The molecule has 0 aliphatic heterocycles. The summed E-state index contributed by atoms with van der Waals surface area (Å²) in [6.07, 6.45) is 0.755. The monoisotopic (exact) mass is 340 g/mol. The molecule has 0 aliphatic carbocycles. The normalized spacial score (nSPS) is 11.0. The molecule has 0 atom stereocenters. The second-order valence-corrected chi connectivity index (χ2v) is 6.88. The van der Waals surface area contributed by atoms with E-state index in [9.17, 15) is 9.59 Å². The summed E-state index contributed by atoms with van der Waals surface area (Å²) in [6.45, 7) is 8.63. The fraction of sp³-hybridized carbons (Fsp3) is 0.333. The predicted octanol–water partition coefficient (Wildman–Crippen LogP) is 4.77. The van der Waals surface area contributed by atoms with Gasteiger partial charge in [0.05, 0.1) is 17.7 Å². The van der Waals surface area contributed by atoms with Crippen LogP contribution in [0.15, 0.2) is 48.5 Å². The molecule has 0 amide bonds. The molecule has 0 saturated heterocycles. The highest BCUT2D eigenvalue weighted by Gasteiger charge is 2.16. The van der Waals surface area contributed by atoms with Crippen LogP contribution in [0, 0.1) is 0 Å². The van der Waals surface area contributed by atoms with Gasteiger partial charge >= 0.3 is 11.9 Å². The number of hydrogen-bond donors (Lipinski definition) is 0. The maximum atomic E-state index is 12.3. The summed E-state index contributed by atoms with van der Waals surface area (Å²) in [7, 11) is 0. The highest BCUT2D eigenvalue weighted by atomic mass is 16.5. The zero-order chi connectivity index (χ0) is 18.4. The first-order valence-electron chi connectivity index (χ1n) is 8.41. The Labute approximate surface area is 148 Å². The van der Waals surface area contributed by atoms with E-state index in [0.717, 1.165) is 12.0 Å². The first kappa shape index (κ1) is 18.7. The van der Waals surface area contributed by atoms with Gasteiger partial charge in [0.15, 0.2) is 0 Å². The highest BCUT2D eigenvalue weighted by molar-refractivity contribution is 5.92. The van der Waals surface area contributed by atoms with E-state index in [1.165, 1.54) is 6.07 Å². The molecule has 0 fully saturated rings. The molecule has 0 spiro atoms. The molecule has 0 bridgehead atoms. The van der Waals surface area contributed by atoms with Crippen molar-refractivity contribution in [2.45, 2.75) is 39.5 Å². The third kappa shape index (κ3) is 5.18. The molecule has 2 rings (SSSR count). The lowest BCUT2D eigenvalue weighted by molar-refractivity contribution is 0.0503. The molecule has 0 N–H and O–H groups in total. The summed E-state index contributed by atoms with van der Waals surface area (Å²) in [5.41, 5.74) is 1.99. The van der Waals surface area contributed by atoms with Crippen molar-refractivity contribution in [2.75, 3.05) is 6.61 Å². The van der Waals surface area contributed by atoms with E-state index in [4.69, 9.17) is 9.47 Å². The van der Waals surface area contributed by atoms with E-state index < -0.39 is 11.9 Å². The number of rotatable bonds is 5. The van der Waals surface area contributed by atoms with Gasteiger partial charge in [-0.25, -0.2) is 9.59 Å². The fourth-order valence-electron chi connectivity index (χ4n) is 2.24. The average molecular weight is 340 g/mol. The summed E-state index contributed by atoms with van der Waals surface area (Å²) in [4.78, 5) is 24.2. The van der Waals surface area contributed by atoms with Gasteiger partial charge in [0.2, 0.25) is 0 Å². The van der Waals surface area contributed by atoms with Crippen molar-refractivity contribution in [3.8, 4) is 5.75 Å². The van der Waals surface area contributed by atoms with E-state index >= 15 is 0 Å². The number of benzene rings is 2. The minimum Gasteiger partial charge on any atom is -0.462 e. The van der Waals surface area contributed by atoms with Gasteiger partial charge in [-0.2, -0.15) is 0 Å². The Balaban J connectivity index is 2.09. The van der Waals surface area contributed by atoms with Gasteiger partial charge < -0.3 is 9.47 Å². The largest absolute Gasteiger partial charge is 0.462 e. The Morgan fingerprint density at radius 2 is 1.60 bits per heavy atom. The van der Waals surface area contributed by atoms with Crippen molar-refractivity contribution < 1.29 is 19.1 Å². The number of carbonyl (C=O) groups excluding carboxylic acids is 2. The molecule has 25 heavy (non-hydrogen) atoms. The number of carbonyl (C=O) groups is 2. The second-order valence-electron chi connectivity index (χ2n) is 6.88. The molecule has 4 heteroatoms. The lowest BCUT2D eigenvalue weighted by Gasteiger charge is -2.18. The van der Waals surface area contributed by atoms with E-state index in [0.29, 0.717) is 23.5 Å². The number of esters is 2. The summed E-state index contributed by atoms with van der Waals surface area (Å²) >= 11 is 0. The minimum absolute atomic E-state index is 0.0234. The van der Waals surface area contributed by atoms with Crippen LogP contribution in [0.3, 0.4) is 0 Å². The Hall–Kier alpha value is -2.62. The van der Waals surface area contributed by atoms with E-state index in [1.54, 1.807) is 30.3 Å². The molecule has 0 heterocycles. The molecular formula is C21H24O4. The third-order valence-electron chi connectivity index (χ3n) is 3.70. The van der Waals surface area contributed by atoms with Gasteiger partial charge in [0, 0.05) is 0 Å². The van der Waals surface area contributed by atoms with Crippen molar-refractivity contribution in [2.24, 2.45) is 0 Å². The Morgan fingerprint density at radius 3 is 2.20 bits per heavy atom. The first-order chi connectivity index (χ1) is 11.8. The zero-order valence-electron chi connectivity index (χ0n) is 15.2. The first-order valence-corrected chi connectivity index (χ1v) is 8.41. The predicted molar refractivity (Wildman–Crippen MR) is 97.1 cm³/mol. The Kier molecular flexibility index (Phi) is 5.97. The van der Waals surface area contributed by atoms with Crippen LogP contribution in [0.4, 0.5) is 0 Å².